The van der Waals surface area contributed by atoms with E-state index in [-0.39, 0.29) is 0 Å². The van der Waals surface area contributed by atoms with Crippen LogP contribution in [0.1, 0.15) is 34.2 Å². The molecule has 0 saturated heterocycles. The molecule has 0 radical (unpaired) electrons. The maximum absolute atomic E-state index is 10.8. The van der Waals surface area contributed by atoms with Gasteiger partial charge in [-0.3, -0.25) is 0 Å². The Morgan fingerprint density at radius 1 is 1.13 bits per heavy atom. The average Bonchev–Trinajstić information content (AvgIpc) is 2.95. The van der Waals surface area contributed by atoms with Crippen LogP contribution in [0, 0.1) is 13.8 Å². The lowest BCUT2D eigenvalue weighted by Crippen LogP contribution is -2.12. The smallest absolute Gasteiger partial charge is 0.142 e. The number of benzene rings is 2. The summed E-state index contributed by atoms with van der Waals surface area (Å²) in [5.41, 5.74) is 4.13. The quantitative estimate of drug-likeness (QED) is 0.777. The van der Waals surface area contributed by atoms with E-state index >= 15 is 0 Å². The molecule has 118 valence electrons. The van der Waals surface area contributed by atoms with Crippen molar-refractivity contribution >= 4 is 11.6 Å². The Kier molecular flexibility index (Phi) is 4.51. The molecule has 0 saturated carbocycles. The van der Waals surface area contributed by atoms with Crippen LogP contribution in [0.2, 0.25) is 5.02 Å². The van der Waals surface area contributed by atoms with Gasteiger partial charge in [-0.05, 0) is 48.2 Å². The second kappa shape index (κ2) is 6.57. The number of aryl methyl sites for hydroxylation is 2. The van der Waals surface area contributed by atoms with Crippen LogP contribution in [-0.2, 0) is 6.54 Å². The minimum Gasteiger partial charge on any atom is -0.380 e. The molecule has 3 nitrogen and oxygen atoms in total. The highest BCUT2D eigenvalue weighted by molar-refractivity contribution is 6.30. The van der Waals surface area contributed by atoms with Gasteiger partial charge in [-0.1, -0.05) is 41.9 Å². The van der Waals surface area contributed by atoms with E-state index in [0.29, 0.717) is 17.4 Å². The minimum absolute atomic E-state index is 0.623. The van der Waals surface area contributed by atoms with Crippen LogP contribution in [0.4, 0.5) is 0 Å². The molecule has 0 amide bonds. The minimum atomic E-state index is -0.745. The van der Waals surface area contributed by atoms with Crippen LogP contribution in [-0.4, -0.2) is 14.7 Å². The largest absolute Gasteiger partial charge is 0.380 e. The summed E-state index contributed by atoms with van der Waals surface area (Å²) < 4.78 is 1.96. The highest BCUT2D eigenvalue weighted by Gasteiger charge is 2.20. The first-order chi connectivity index (χ1) is 11.1. The molecule has 3 aromatic rings. The molecular formula is C19H19ClN2O. The Morgan fingerprint density at radius 3 is 2.52 bits per heavy atom. The van der Waals surface area contributed by atoms with E-state index in [1.165, 1.54) is 0 Å². The van der Waals surface area contributed by atoms with Crippen molar-refractivity contribution in [2.75, 3.05) is 0 Å². The van der Waals surface area contributed by atoms with Crippen LogP contribution in [0.15, 0.2) is 54.9 Å². The first kappa shape index (κ1) is 15.8. The molecule has 0 aliphatic carbocycles. The lowest BCUT2D eigenvalue weighted by Gasteiger charge is -2.18. The molecule has 1 N–H and O–H groups in total. The summed E-state index contributed by atoms with van der Waals surface area (Å²) in [6.45, 7) is 4.64. The third kappa shape index (κ3) is 3.31. The van der Waals surface area contributed by atoms with Gasteiger partial charge >= 0.3 is 0 Å². The molecular weight excluding hydrogens is 308 g/mol. The number of rotatable bonds is 4. The third-order valence-corrected chi connectivity index (χ3v) is 4.28. The maximum Gasteiger partial charge on any atom is 0.142 e. The van der Waals surface area contributed by atoms with Crippen LogP contribution in [0.5, 0.6) is 0 Å². The zero-order valence-electron chi connectivity index (χ0n) is 13.2. The van der Waals surface area contributed by atoms with Gasteiger partial charge in [-0.25, -0.2) is 4.98 Å². The van der Waals surface area contributed by atoms with E-state index in [2.05, 4.69) is 4.98 Å². The van der Waals surface area contributed by atoms with E-state index in [0.717, 1.165) is 22.3 Å². The molecule has 1 aromatic heterocycles. The van der Waals surface area contributed by atoms with Gasteiger partial charge in [0, 0.05) is 24.0 Å². The molecule has 4 heteroatoms. The van der Waals surface area contributed by atoms with Crippen molar-refractivity contribution in [1.82, 2.24) is 9.55 Å². The molecule has 0 spiro atoms. The van der Waals surface area contributed by atoms with Gasteiger partial charge in [-0.15, -0.1) is 0 Å². The number of nitrogens with zero attached hydrogens (tertiary/aromatic N) is 2. The summed E-state index contributed by atoms with van der Waals surface area (Å²) in [4.78, 5) is 4.37. The van der Waals surface area contributed by atoms with Crippen molar-refractivity contribution in [2.24, 2.45) is 0 Å². The van der Waals surface area contributed by atoms with E-state index in [1.807, 2.05) is 67.1 Å². The summed E-state index contributed by atoms with van der Waals surface area (Å²) >= 11 is 6.05. The molecule has 0 bridgehead atoms. The molecule has 0 fully saturated rings. The predicted molar refractivity (Wildman–Crippen MR) is 92.8 cm³/mol. The second-order valence-corrected chi connectivity index (χ2v) is 6.19. The van der Waals surface area contributed by atoms with Crippen LogP contribution in [0.25, 0.3) is 0 Å². The van der Waals surface area contributed by atoms with Gasteiger partial charge in [0.05, 0.1) is 0 Å². The number of imidazole rings is 1. The summed E-state index contributed by atoms with van der Waals surface area (Å²) in [5, 5.41) is 11.6. The number of hydrogen-bond acceptors (Lipinski definition) is 2. The third-order valence-electron chi connectivity index (χ3n) is 4.05. The van der Waals surface area contributed by atoms with E-state index in [1.54, 1.807) is 6.20 Å². The molecule has 23 heavy (non-hydrogen) atoms. The van der Waals surface area contributed by atoms with E-state index < -0.39 is 6.10 Å². The maximum atomic E-state index is 10.8. The van der Waals surface area contributed by atoms with E-state index in [4.69, 9.17) is 11.6 Å². The fraction of sp³-hybridized carbons (Fsp3) is 0.211. The van der Waals surface area contributed by atoms with Gasteiger partial charge in [0.2, 0.25) is 0 Å². The van der Waals surface area contributed by atoms with Crippen molar-refractivity contribution < 1.29 is 5.11 Å². The number of aliphatic hydroxyl groups excluding tert-OH is 1. The molecule has 0 aliphatic heterocycles. The van der Waals surface area contributed by atoms with Crippen molar-refractivity contribution in [3.63, 3.8) is 0 Å². The van der Waals surface area contributed by atoms with Crippen molar-refractivity contribution in [3.05, 3.63) is 88.0 Å². The zero-order valence-corrected chi connectivity index (χ0v) is 14.0. The van der Waals surface area contributed by atoms with Gasteiger partial charge in [0.15, 0.2) is 0 Å². The predicted octanol–water partition coefficient (Wildman–Crippen LogP) is 4.28. The number of aliphatic hydroxyl groups is 1. The van der Waals surface area contributed by atoms with Gasteiger partial charge in [0.25, 0.3) is 0 Å². The Balaban J connectivity index is 1.94. The number of hydrogen-bond donors (Lipinski definition) is 1. The lowest BCUT2D eigenvalue weighted by molar-refractivity contribution is 0.204. The highest BCUT2D eigenvalue weighted by Crippen LogP contribution is 2.27. The Bertz CT molecular complexity index is 805. The summed E-state index contributed by atoms with van der Waals surface area (Å²) in [6, 6.07) is 13.7. The Hall–Kier alpha value is -2.10. The summed E-state index contributed by atoms with van der Waals surface area (Å²) in [7, 11) is 0. The monoisotopic (exact) mass is 326 g/mol. The Labute approximate surface area is 141 Å². The number of halogens is 1. The normalized spacial score (nSPS) is 12.3. The summed E-state index contributed by atoms with van der Waals surface area (Å²) in [6.07, 6.45) is 2.86. The molecule has 1 unspecified atom stereocenters. The molecule has 0 aliphatic rings. The SMILES string of the molecule is Cc1cccc(C)c1C(O)c1nccn1Cc1cccc(Cl)c1. The standard InChI is InChI=1S/C19H19ClN2O/c1-13-5-3-6-14(2)17(13)18(23)19-21-9-10-22(19)12-15-7-4-8-16(20)11-15/h3-11,18,23H,12H2,1-2H3. The number of aromatic nitrogens is 2. The lowest BCUT2D eigenvalue weighted by atomic mass is 9.97. The molecule has 2 aromatic carbocycles. The van der Waals surface area contributed by atoms with Crippen LogP contribution < -0.4 is 0 Å². The average molecular weight is 327 g/mol. The van der Waals surface area contributed by atoms with Crippen LogP contribution in [0.3, 0.4) is 0 Å². The first-order valence-electron chi connectivity index (χ1n) is 7.56. The molecule has 1 atom stereocenters. The Morgan fingerprint density at radius 2 is 1.83 bits per heavy atom. The fourth-order valence-electron chi connectivity index (χ4n) is 2.92. The topological polar surface area (TPSA) is 38.1 Å². The fourth-order valence-corrected chi connectivity index (χ4v) is 3.13. The summed E-state index contributed by atoms with van der Waals surface area (Å²) in [5.74, 6) is 0.641. The van der Waals surface area contributed by atoms with Crippen molar-refractivity contribution in [1.29, 1.82) is 0 Å². The zero-order chi connectivity index (χ0) is 16.4. The van der Waals surface area contributed by atoms with Gasteiger partial charge in [0.1, 0.15) is 11.9 Å². The highest BCUT2D eigenvalue weighted by atomic mass is 35.5. The van der Waals surface area contributed by atoms with Crippen LogP contribution >= 0.6 is 11.6 Å². The van der Waals surface area contributed by atoms with Crippen molar-refractivity contribution in [3.8, 4) is 0 Å². The van der Waals surface area contributed by atoms with Crippen molar-refractivity contribution in [2.45, 2.75) is 26.5 Å². The van der Waals surface area contributed by atoms with E-state index in [9.17, 15) is 5.11 Å². The molecule has 3 rings (SSSR count). The van der Waals surface area contributed by atoms with Gasteiger partial charge < -0.3 is 9.67 Å². The second-order valence-electron chi connectivity index (χ2n) is 5.75. The first-order valence-corrected chi connectivity index (χ1v) is 7.93. The van der Waals surface area contributed by atoms with Gasteiger partial charge in [-0.2, -0.15) is 0 Å². The molecule has 1 heterocycles.